The van der Waals surface area contributed by atoms with Crippen LogP contribution in [0.1, 0.15) is 5.69 Å². The zero-order chi connectivity index (χ0) is 15.5. The number of nitrogens with one attached hydrogen (secondary N) is 1. The Morgan fingerprint density at radius 2 is 1.50 bits per heavy atom. The highest BCUT2D eigenvalue weighted by atomic mass is 19.0. The average molecular weight is 318 g/mol. The molecular formula is C19H15FN4. The van der Waals surface area contributed by atoms with E-state index in [1.807, 2.05) is 73.0 Å². The molecule has 1 aromatic heterocycles. The van der Waals surface area contributed by atoms with Crippen LogP contribution < -0.4 is 0 Å². The highest BCUT2D eigenvalue weighted by Crippen LogP contribution is 2.17. The molecular weight excluding hydrogens is 303 g/mol. The normalized spacial score (nSPS) is 22.8. The lowest BCUT2D eigenvalue weighted by molar-refractivity contribution is 1.11. The summed E-state index contributed by atoms with van der Waals surface area (Å²) >= 11 is 0. The standard InChI is InChI=1S/C19H14N4.FH/c1-3-14(20-9-1)11-16-5-7-18(22-16)13-19-8-6-17(23-19)12-15-4-2-10-21-15;/h1-13,20H;1H. The van der Waals surface area contributed by atoms with Crippen molar-refractivity contribution < 1.29 is 4.70 Å². The second kappa shape index (κ2) is 6.83. The summed E-state index contributed by atoms with van der Waals surface area (Å²) in [6.07, 6.45) is 21.4. The molecule has 4 nitrogen and oxygen atoms in total. The first-order valence-electron chi connectivity index (χ1n) is 7.38. The lowest BCUT2D eigenvalue weighted by Gasteiger charge is -1.92. The lowest BCUT2D eigenvalue weighted by Crippen LogP contribution is -1.86. The van der Waals surface area contributed by atoms with Gasteiger partial charge in [-0.2, -0.15) is 0 Å². The van der Waals surface area contributed by atoms with Gasteiger partial charge in [0.15, 0.2) is 0 Å². The predicted octanol–water partition coefficient (Wildman–Crippen LogP) is 3.94. The fourth-order valence-corrected chi connectivity index (χ4v) is 2.41. The van der Waals surface area contributed by atoms with E-state index in [0.29, 0.717) is 0 Å². The molecule has 0 aromatic carbocycles. The third-order valence-corrected chi connectivity index (χ3v) is 3.46. The van der Waals surface area contributed by atoms with Gasteiger partial charge in [0.1, 0.15) is 0 Å². The molecule has 1 N–H and O–H groups in total. The summed E-state index contributed by atoms with van der Waals surface area (Å²) in [6, 6.07) is 3.98. The summed E-state index contributed by atoms with van der Waals surface area (Å²) in [4.78, 5) is 16.5. The number of aromatic nitrogens is 1. The first kappa shape index (κ1) is 15.6. The molecule has 0 saturated heterocycles. The molecule has 4 heterocycles. The Hall–Kier alpha value is -3.34. The summed E-state index contributed by atoms with van der Waals surface area (Å²) in [5, 5.41) is 0. The Morgan fingerprint density at radius 3 is 2.12 bits per heavy atom. The molecule has 1 aromatic rings. The van der Waals surface area contributed by atoms with Crippen molar-refractivity contribution in [2.45, 2.75) is 0 Å². The van der Waals surface area contributed by atoms with Crippen molar-refractivity contribution >= 4 is 23.7 Å². The smallest absolute Gasteiger partial charge is 0.0659 e. The van der Waals surface area contributed by atoms with Crippen LogP contribution in [-0.4, -0.2) is 22.6 Å². The van der Waals surface area contributed by atoms with Gasteiger partial charge in [0.2, 0.25) is 0 Å². The van der Waals surface area contributed by atoms with E-state index in [0.717, 1.165) is 34.2 Å². The first-order valence-corrected chi connectivity index (χ1v) is 7.38. The van der Waals surface area contributed by atoms with E-state index >= 15 is 0 Å². The average Bonchev–Trinajstić information content (AvgIpc) is 3.31. The molecule has 0 saturated carbocycles. The van der Waals surface area contributed by atoms with E-state index in [2.05, 4.69) is 20.0 Å². The zero-order valence-corrected chi connectivity index (χ0v) is 12.8. The van der Waals surface area contributed by atoms with Crippen LogP contribution in [0, 0.1) is 0 Å². The number of rotatable bonds is 3. The third kappa shape index (κ3) is 3.52. The van der Waals surface area contributed by atoms with Crippen LogP contribution in [0.25, 0.3) is 6.08 Å². The lowest BCUT2D eigenvalue weighted by atomic mass is 10.2. The molecule has 0 bridgehead atoms. The van der Waals surface area contributed by atoms with E-state index in [4.69, 9.17) is 0 Å². The van der Waals surface area contributed by atoms with Gasteiger partial charge >= 0.3 is 0 Å². The monoisotopic (exact) mass is 318 g/mol. The van der Waals surface area contributed by atoms with E-state index in [9.17, 15) is 0 Å². The number of hydrogen-bond acceptors (Lipinski definition) is 3. The molecule has 0 radical (unpaired) electrons. The predicted molar refractivity (Wildman–Crippen MR) is 98.2 cm³/mol. The minimum Gasteiger partial charge on any atom is -0.362 e. The number of allylic oxidation sites excluding steroid dienone is 8. The quantitative estimate of drug-likeness (QED) is 0.878. The van der Waals surface area contributed by atoms with E-state index < -0.39 is 0 Å². The minimum atomic E-state index is 0. The molecule has 5 heteroatoms. The van der Waals surface area contributed by atoms with Crippen molar-refractivity contribution in [1.29, 1.82) is 0 Å². The van der Waals surface area contributed by atoms with Gasteiger partial charge in [-0.3, -0.25) is 9.70 Å². The summed E-state index contributed by atoms with van der Waals surface area (Å²) in [5.74, 6) is 0. The number of hydrogen-bond donors (Lipinski definition) is 1. The van der Waals surface area contributed by atoms with Crippen LogP contribution in [0.3, 0.4) is 0 Å². The van der Waals surface area contributed by atoms with Gasteiger partial charge in [-0.05, 0) is 66.8 Å². The summed E-state index contributed by atoms with van der Waals surface area (Å²) in [5.41, 5.74) is 5.59. The highest BCUT2D eigenvalue weighted by molar-refractivity contribution is 6.11. The molecule has 0 aliphatic carbocycles. The summed E-state index contributed by atoms with van der Waals surface area (Å²) < 4.78 is 0. The van der Waals surface area contributed by atoms with Gasteiger partial charge in [-0.25, -0.2) is 9.98 Å². The maximum absolute atomic E-state index is 4.57. The molecule has 0 fully saturated rings. The van der Waals surface area contributed by atoms with E-state index in [1.165, 1.54) is 0 Å². The van der Waals surface area contributed by atoms with Crippen LogP contribution in [0.15, 0.2) is 99.0 Å². The molecule has 0 unspecified atom stereocenters. The van der Waals surface area contributed by atoms with Crippen LogP contribution >= 0.6 is 0 Å². The Balaban J connectivity index is 0.00000169. The maximum Gasteiger partial charge on any atom is 0.0659 e. The van der Waals surface area contributed by atoms with Gasteiger partial charge in [0.25, 0.3) is 0 Å². The number of nitrogens with zero attached hydrogens (tertiary/aromatic N) is 3. The molecule has 0 atom stereocenters. The van der Waals surface area contributed by atoms with Crippen LogP contribution in [-0.2, 0) is 0 Å². The number of H-pyrrole nitrogens is 1. The fourth-order valence-electron chi connectivity index (χ4n) is 2.41. The van der Waals surface area contributed by atoms with Gasteiger partial charge in [0, 0.05) is 18.1 Å². The van der Waals surface area contributed by atoms with Crippen molar-refractivity contribution in [2.24, 2.45) is 15.0 Å². The molecule has 118 valence electrons. The number of aliphatic imine (C=N–C) groups is 3. The second-order valence-electron chi connectivity index (χ2n) is 5.21. The van der Waals surface area contributed by atoms with Gasteiger partial charge in [0.05, 0.1) is 28.5 Å². The number of aromatic amines is 1. The van der Waals surface area contributed by atoms with Crippen LogP contribution in [0.5, 0.6) is 0 Å². The van der Waals surface area contributed by atoms with Crippen molar-refractivity contribution in [1.82, 2.24) is 4.98 Å². The Labute approximate surface area is 138 Å². The van der Waals surface area contributed by atoms with Crippen LogP contribution in [0.4, 0.5) is 4.70 Å². The van der Waals surface area contributed by atoms with E-state index in [1.54, 1.807) is 6.21 Å². The minimum absolute atomic E-state index is 0. The highest BCUT2D eigenvalue weighted by Gasteiger charge is 2.07. The fraction of sp³-hybridized carbons (Fsp3) is 0. The maximum atomic E-state index is 4.57. The SMILES string of the molecule is C1=CC(=CC2=NC(=CC3=NC(=Cc4ccc[nH]4)C=C3)C=C2)N=C1.F. The third-order valence-electron chi connectivity index (χ3n) is 3.46. The largest absolute Gasteiger partial charge is 0.362 e. The Bertz CT molecular complexity index is 887. The molecule has 0 amide bonds. The molecule has 3 aliphatic rings. The topological polar surface area (TPSA) is 52.9 Å². The van der Waals surface area contributed by atoms with Crippen molar-refractivity contribution in [3.63, 3.8) is 0 Å². The summed E-state index contributed by atoms with van der Waals surface area (Å²) in [6.45, 7) is 0. The van der Waals surface area contributed by atoms with Crippen LogP contribution in [0.2, 0.25) is 0 Å². The summed E-state index contributed by atoms with van der Waals surface area (Å²) in [7, 11) is 0. The van der Waals surface area contributed by atoms with Crippen molar-refractivity contribution in [2.75, 3.05) is 0 Å². The second-order valence-corrected chi connectivity index (χ2v) is 5.21. The molecule has 3 aliphatic heterocycles. The van der Waals surface area contributed by atoms with Crippen molar-refractivity contribution in [3.8, 4) is 0 Å². The molecule has 0 spiro atoms. The van der Waals surface area contributed by atoms with E-state index in [-0.39, 0.29) is 4.70 Å². The molecule has 4 rings (SSSR count). The molecule has 24 heavy (non-hydrogen) atoms. The van der Waals surface area contributed by atoms with Gasteiger partial charge in [-0.1, -0.05) is 0 Å². The van der Waals surface area contributed by atoms with Crippen molar-refractivity contribution in [3.05, 3.63) is 89.7 Å². The first-order chi connectivity index (χ1) is 11.3. The Morgan fingerprint density at radius 1 is 0.792 bits per heavy atom. The zero-order valence-electron chi connectivity index (χ0n) is 12.8. The number of halogens is 1. The Kier molecular flexibility index (Phi) is 4.43. The van der Waals surface area contributed by atoms with Gasteiger partial charge < -0.3 is 4.98 Å². The van der Waals surface area contributed by atoms with Gasteiger partial charge in [-0.15, -0.1) is 0 Å².